The van der Waals surface area contributed by atoms with Gasteiger partial charge in [-0.25, -0.2) is 0 Å². The third-order valence-electron chi connectivity index (χ3n) is 2.89. The number of ketones is 1. The van der Waals surface area contributed by atoms with E-state index in [0.717, 1.165) is 4.47 Å². The fourth-order valence-electron chi connectivity index (χ4n) is 1.85. The summed E-state index contributed by atoms with van der Waals surface area (Å²) >= 11 is 12.8. The van der Waals surface area contributed by atoms with Gasteiger partial charge in [0.15, 0.2) is 17.3 Å². The van der Waals surface area contributed by atoms with E-state index < -0.39 is 0 Å². The van der Waals surface area contributed by atoms with Gasteiger partial charge in [-0.1, -0.05) is 27.5 Å². The van der Waals surface area contributed by atoms with E-state index in [2.05, 4.69) is 31.9 Å². The first-order valence-electron chi connectivity index (χ1n) is 5.89. The van der Waals surface area contributed by atoms with E-state index in [9.17, 15) is 4.79 Å². The fourth-order valence-corrected chi connectivity index (χ4v) is 3.11. The summed E-state index contributed by atoms with van der Waals surface area (Å²) in [6.45, 7) is 0. The van der Waals surface area contributed by atoms with Crippen LogP contribution in [0.25, 0.3) is 0 Å². The number of benzene rings is 2. The van der Waals surface area contributed by atoms with Crippen molar-refractivity contribution < 1.29 is 14.3 Å². The van der Waals surface area contributed by atoms with Gasteiger partial charge in [0.05, 0.1) is 19.2 Å². The number of hydrogen-bond acceptors (Lipinski definition) is 3. The molecule has 0 fully saturated rings. The molecule has 6 heteroatoms. The van der Waals surface area contributed by atoms with E-state index in [4.69, 9.17) is 21.1 Å². The Bertz CT molecular complexity index is 702. The van der Waals surface area contributed by atoms with Crippen molar-refractivity contribution in [2.75, 3.05) is 14.2 Å². The predicted octanol–water partition coefficient (Wildman–Crippen LogP) is 5.11. The first kappa shape index (κ1) is 16.3. The van der Waals surface area contributed by atoms with Crippen LogP contribution in [0.1, 0.15) is 15.9 Å². The zero-order valence-corrected chi connectivity index (χ0v) is 15.2. The molecular formula is C15H11Br2ClO3. The number of carbonyl (C=O) groups excluding carboxylic acids is 1. The van der Waals surface area contributed by atoms with Gasteiger partial charge in [0.1, 0.15) is 0 Å². The second kappa shape index (κ2) is 6.81. The van der Waals surface area contributed by atoms with E-state index in [-0.39, 0.29) is 5.78 Å². The van der Waals surface area contributed by atoms with Gasteiger partial charge in [-0.05, 0) is 46.3 Å². The van der Waals surface area contributed by atoms with Crippen LogP contribution in [0.2, 0.25) is 5.02 Å². The number of ether oxygens (including phenoxy) is 2. The van der Waals surface area contributed by atoms with Crippen molar-refractivity contribution in [2.45, 2.75) is 0 Å². The molecule has 3 nitrogen and oxygen atoms in total. The van der Waals surface area contributed by atoms with Crippen molar-refractivity contribution in [3.8, 4) is 11.5 Å². The summed E-state index contributed by atoms with van der Waals surface area (Å²) in [6, 6.07) is 8.46. The van der Waals surface area contributed by atoms with Gasteiger partial charge >= 0.3 is 0 Å². The van der Waals surface area contributed by atoms with Crippen LogP contribution in [0.5, 0.6) is 11.5 Å². The molecule has 0 unspecified atom stereocenters. The summed E-state index contributed by atoms with van der Waals surface area (Å²) in [7, 11) is 3.06. The highest BCUT2D eigenvalue weighted by atomic mass is 79.9. The van der Waals surface area contributed by atoms with Crippen LogP contribution < -0.4 is 9.47 Å². The molecule has 2 aromatic rings. The molecule has 2 aromatic carbocycles. The van der Waals surface area contributed by atoms with Gasteiger partial charge < -0.3 is 9.47 Å². The molecule has 0 heterocycles. The average molecular weight is 435 g/mol. The van der Waals surface area contributed by atoms with E-state index in [1.54, 1.807) is 30.3 Å². The summed E-state index contributed by atoms with van der Waals surface area (Å²) in [5.41, 5.74) is 0.879. The lowest BCUT2D eigenvalue weighted by atomic mass is 10.0. The van der Waals surface area contributed by atoms with Gasteiger partial charge in [-0.3, -0.25) is 4.79 Å². The molecule has 0 aliphatic carbocycles. The van der Waals surface area contributed by atoms with Crippen LogP contribution in [-0.4, -0.2) is 20.0 Å². The molecule has 0 aliphatic rings. The molecule has 2 rings (SSSR count). The Balaban J connectivity index is 2.53. The Morgan fingerprint density at radius 3 is 2.19 bits per heavy atom. The molecule has 0 amide bonds. The van der Waals surface area contributed by atoms with Crippen molar-refractivity contribution >= 4 is 49.2 Å². The SMILES string of the molecule is COc1cc(Br)c(C(=O)c2ccc(Br)cc2Cl)cc1OC. The van der Waals surface area contributed by atoms with E-state index in [1.165, 1.54) is 14.2 Å². The van der Waals surface area contributed by atoms with E-state index in [1.807, 2.05) is 0 Å². The summed E-state index contributed by atoms with van der Waals surface area (Å²) in [6.07, 6.45) is 0. The van der Waals surface area contributed by atoms with Crippen molar-refractivity contribution in [1.82, 2.24) is 0 Å². The minimum Gasteiger partial charge on any atom is -0.493 e. The minimum absolute atomic E-state index is 0.194. The molecule has 0 saturated heterocycles. The largest absolute Gasteiger partial charge is 0.493 e. The second-order valence-electron chi connectivity index (χ2n) is 4.14. The fraction of sp³-hybridized carbons (Fsp3) is 0.133. The zero-order valence-electron chi connectivity index (χ0n) is 11.2. The smallest absolute Gasteiger partial charge is 0.195 e. The third-order valence-corrected chi connectivity index (χ3v) is 4.36. The Morgan fingerprint density at radius 1 is 1.00 bits per heavy atom. The standard InChI is InChI=1S/C15H11Br2ClO3/c1-20-13-6-10(11(17)7-14(13)21-2)15(19)9-4-3-8(16)5-12(9)18/h3-7H,1-2H3. The molecule has 0 saturated carbocycles. The molecule has 0 aromatic heterocycles. The maximum atomic E-state index is 12.6. The van der Waals surface area contributed by atoms with Crippen molar-refractivity contribution in [3.63, 3.8) is 0 Å². The summed E-state index contributed by atoms with van der Waals surface area (Å²) < 4.78 is 11.9. The predicted molar refractivity (Wildman–Crippen MR) is 89.8 cm³/mol. The summed E-state index contributed by atoms with van der Waals surface area (Å²) in [4.78, 5) is 12.6. The van der Waals surface area contributed by atoms with Gasteiger partial charge in [0.25, 0.3) is 0 Å². The second-order valence-corrected chi connectivity index (χ2v) is 6.32. The van der Waals surface area contributed by atoms with E-state index >= 15 is 0 Å². The Kier molecular flexibility index (Phi) is 5.30. The monoisotopic (exact) mass is 432 g/mol. The molecule has 0 spiro atoms. The topological polar surface area (TPSA) is 35.5 Å². The molecular weight excluding hydrogens is 423 g/mol. The van der Waals surface area contributed by atoms with Crippen LogP contribution in [-0.2, 0) is 0 Å². The Labute approximate surface area is 144 Å². The molecule has 0 atom stereocenters. The van der Waals surface area contributed by atoms with Gasteiger partial charge in [0, 0.05) is 20.1 Å². The van der Waals surface area contributed by atoms with Gasteiger partial charge in [-0.15, -0.1) is 0 Å². The first-order valence-corrected chi connectivity index (χ1v) is 7.85. The molecule has 110 valence electrons. The van der Waals surface area contributed by atoms with Gasteiger partial charge in [0.2, 0.25) is 0 Å². The number of halogens is 3. The summed E-state index contributed by atoms with van der Waals surface area (Å²) in [5.74, 6) is 0.834. The number of hydrogen-bond donors (Lipinski definition) is 0. The van der Waals surface area contributed by atoms with Crippen LogP contribution >= 0.6 is 43.5 Å². The lowest BCUT2D eigenvalue weighted by Gasteiger charge is -2.12. The minimum atomic E-state index is -0.194. The normalized spacial score (nSPS) is 10.3. The highest BCUT2D eigenvalue weighted by Gasteiger charge is 2.19. The highest BCUT2D eigenvalue weighted by Crippen LogP contribution is 2.35. The van der Waals surface area contributed by atoms with Crippen molar-refractivity contribution in [2.24, 2.45) is 0 Å². The van der Waals surface area contributed by atoms with Crippen LogP contribution in [0.4, 0.5) is 0 Å². The maximum Gasteiger partial charge on any atom is 0.195 e. The van der Waals surface area contributed by atoms with Crippen LogP contribution in [0.3, 0.4) is 0 Å². The third kappa shape index (κ3) is 3.42. The lowest BCUT2D eigenvalue weighted by Crippen LogP contribution is -2.04. The van der Waals surface area contributed by atoms with E-state index in [0.29, 0.717) is 32.1 Å². The zero-order chi connectivity index (χ0) is 15.6. The van der Waals surface area contributed by atoms with Crippen molar-refractivity contribution in [1.29, 1.82) is 0 Å². The van der Waals surface area contributed by atoms with Crippen LogP contribution in [0, 0.1) is 0 Å². The Hall–Kier alpha value is -1.04. The quantitative estimate of drug-likeness (QED) is 0.627. The number of carbonyl (C=O) groups is 1. The number of rotatable bonds is 4. The van der Waals surface area contributed by atoms with Crippen LogP contribution in [0.15, 0.2) is 39.3 Å². The van der Waals surface area contributed by atoms with Gasteiger partial charge in [-0.2, -0.15) is 0 Å². The first-order chi connectivity index (χ1) is 9.97. The maximum absolute atomic E-state index is 12.6. The molecule has 0 bridgehead atoms. The molecule has 21 heavy (non-hydrogen) atoms. The Morgan fingerprint density at radius 2 is 1.62 bits per heavy atom. The number of methoxy groups -OCH3 is 2. The molecule has 0 radical (unpaired) electrons. The lowest BCUT2D eigenvalue weighted by molar-refractivity contribution is 0.103. The highest BCUT2D eigenvalue weighted by molar-refractivity contribution is 9.10. The summed E-state index contributed by atoms with van der Waals surface area (Å²) in [5, 5.41) is 0.385. The molecule has 0 aliphatic heterocycles. The van der Waals surface area contributed by atoms with Crippen molar-refractivity contribution in [3.05, 3.63) is 55.4 Å². The average Bonchev–Trinajstić information content (AvgIpc) is 2.46. The molecule has 0 N–H and O–H groups in total.